The van der Waals surface area contributed by atoms with Crippen LogP contribution in [0.3, 0.4) is 0 Å². The van der Waals surface area contributed by atoms with Gasteiger partial charge in [0.25, 0.3) is 5.91 Å². The van der Waals surface area contributed by atoms with Crippen LogP contribution in [-0.2, 0) is 30.3 Å². The van der Waals surface area contributed by atoms with Gasteiger partial charge in [-0.1, -0.05) is 6.07 Å². The van der Waals surface area contributed by atoms with Gasteiger partial charge >= 0.3 is 11.9 Å². The molecule has 0 bridgehead atoms. The van der Waals surface area contributed by atoms with Crippen molar-refractivity contribution < 1.29 is 29.0 Å². The minimum Gasteiger partial charge on any atom is -0.477 e. The number of amides is 2. The molecule has 6 N–H and O–H groups in total. The number of nitrogens with one attached hydrogen (secondary N) is 1. The molecule has 30 heavy (non-hydrogen) atoms. The van der Waals surface area contributed by atoms with Crippen LogP contribution < -0.4 is 16.8 Å². The second-order valence-electron chi connectivity index (χ2n) is 6.48. The number of hydrogen-bond acceptors (Lipinski definition) is 8. The van der Waals surface area contributed by atoms with E-state index in [4.69, 9.17) is 16.2 Å². The highest BCUT2D eigenvalue weighted by Crippen LogP contribution is 2.47. The molecule has 13 heteroatoms. The lowest BCUT2D eigenvalue weighted by Gasteiger charge is -2.54. The van der Waals surface area contributed by atoms with Crippen molar-refractivity contribution in [1.29, 1.82) is 0 Å². The molecule has 0 spiro atoms. The molecule has 1 unspecified atom stereocenters. The third-order valence-electron chi connectivity index (χ3n) is 4.33. The summed E-state index contributed by atoms with van der Waals surface area (Å²) < 4.78 is 4.90. The first-order chi connectivity index (χ1) is 14.2. The summed E-state index contributed by atoms with van der Waals surface area (Å²) >= 11 is 2.54. The lowest BCUT2D eigenvalue weighted by Crippen LogP contribution is -2.79. The molecule has 2 aliphatic heterocycles. The zero-order chi connectivity index (χ0) is 22.1. The van der Waals surface area contributed by atoms with Gasteiger partial charge in [0.2, 0.25) is 11.6 Å². The standard InChI is InChI=1S/C17H19N5O6S2/c1-8(23)28-6-9-7-30-15-17(21-16(18)19,14(27)22(15)12(9)13(25)26)20-11(24)5-10-3-2-4-29-10/h2-4,15H,5-7H2,1H3,(H,20,24)(H,25,26)(H4,18,19,21)/t15-,17?/m1/s1. The van der Waals surface area contributed by atoms with Crippen LogP contribution in [0.1, 0.15) is 11.8 Å². The van der Waals surface area contributed by atoms with Crippen molar-refractivity contribution in [2.45, 2.75) is 24.4 Å². The van der Waals surface area contributed by atoms with Gasteiger partial charge in [-0.15, -0.1) is 23.1 Å². The van der Waals surface area contributed by atoms with Gasteiger partial charge in [-0.25, -0.2) is 9.79 Å². The lowest BCUT2D eigenvalue weighted by atomic mass is 9.95. The van der Waals surface area contributed by atoms with E-state index < -0.39 is 40.7 Å². The number of ether oxygens (including phenoxy) is 1. The van der Waals surface area contributed by atoms with Crippen LogP contribution >= 0.6 is 23.1 Å². The average Bonchev–Trinajstić information content (AvgIpc) is 3.16. The Bertz CT molecular complexity index is 956. The van der Waals surface area contributed by atoms with E-state index in [9.17, 15) is 24.3 Å². The number of carbonyl (C=O) groups is 4. The highest BCUT2D eigenvalue weighted by molar-refractivity contribution is 8.00. The summed E-state index contributed by atoms with van der Waals surface area (Å²) in [7, 11) is 0. The molecule has 0 aromatic carbocycles. The molecule has 1 saturated heterocycles. The van der Waals surface area contributed by atoms with E-state index in [1.165, 1.54) is 18.3 Å². The molecule has 2 aliphatic rings. The predicted molar refractivity (Wildman–Crippen MR) is 109 cm³/mol. The fraction of sp³-hybridized carbons (Fsp3) is 0.353. The van der Waals surface area contributed by atoms with Gasteiger partial charge in [0, 0.05) is 23.1 Å². The molecule has 3 rings (SSSR count). The number of guanidine groups is 1. The number of aliphatic carboxylic acids is 1. The molecule has 1 aromatic heterocycles. The molecule has 160 valence electrons. The Kier molecular flexibility index (Phi) is 6.03. The Morgan fingerprint density at radius 2 is 2.17 bits per heavy atom. The number of fused-ring (bicyclic) bond motifs is 1. The summed E-state index contributed by atoms with van der Waals surface area (Å²) in [5.74, 6) is -3.49. The van der Waals surface area contributed by atoms with Gasteiger partial charge in [-0.3, -0.25) is 19.3 Å². The summed E-state index contributed by atoms with van der Waals surface area (Å²) in [6.45, 7) is 0.932. The van der Waals surface area contributed by atoms with Gasteiger partial charge in [0.1, 0.15) is 17.7 Å². The summed E-state index contributed by atoms with van der Waals surface area (Å²) in [5.41, 5.74) is 9.14. The van der Waals surface area contributed by atoms with E-state index in [2.05, 4.69) is 10.3 Å². The van der Waals surface area contributed by atoms with Crippen LogP contribution in [0.15, 0.2) is 33.8 Å². The maximum absolute atomic E-state index is 13.1. The van der Waals surface area contributed by atoms with Crippen LogP contribution in [0, 0.1) is 0 Å². The fourth-order valence-electron chi connectivity index (χ4n) is 3.18. The number of rotatable bonds is 7. The Balaban J connectivity index is 1.90. The quantitative estimate of drug-likeness (QED) is 0.178. The van der Waals surface area contributed by atoms with E-state index in [0.717, 1.165) is 21.5 Å². The van der Waals surface area contributed by atoms with E-state index >= 15 is 0 Å². The second kappa shape index (κ2) is 8.36. The lowest BCUT2D eigenvalue weighted by molar-refractivity contribution is -0.158. The van der Waals surface area contributed by atoms with E-state index in [1.807, 2.05) is 5.38 Å². The first kappa shape index (κ1) is 21.6. The number of esters is 1. The maximum Gasteiger partial charge on any atom is 0.352 e. The normalized spacial score (nSPS) is 22.6. The topological polar surface area (TPSA) is 177 Å². The van der Waals surface area contributed by atoms with Crippen molar-refractivity contribution in [3.8, 4) is 0 Å². The fourth-order valence-corrected chi connectivity index (χ4v) is 5.27. The molecule has 0 saturated carbocycles. The van der Waals surface area contributed by atoms with E-state index in [-0.39, 0.29) is 30.1 Å². The summed E-state index contributed by atoms with van der Waals surface area (Å²) in [6.07, 6.45) is 0.0173. The number of nitrogens with zero attached hydrogens (tertiary/aromatic N) is 2. The predicted octanol–water partition coefficient (Wildman–Crippen LogP) is -0.807. The highest BCUT2D eigenvalue weighted by Gasteiger charge is 2.66. The third-order valence-corrected chi connectivity index (χ3v) is 6.59. The molecule has 11 nitrogen and oxygen atoms in total. The molecule has 3 heterocycles. The van der Waals surface area contributed by atoms with Gasteiger partial charge in [-0.05, 0) is 11.4 Å². The van der Waals surface area contributed by atoms with Gasteiger partial charge in [-0.2, -0.15) is 0 Å². The summed E-state index contributed by atoms with van der Waals surface area (Å²) in [4.78, 5) is 54.3. The highest BCUT2D eigenvalue weighted by atomic mass is 32.2. The molecular formula is C17H19N5O6S2. The van der Waals surface area contributed by atoms with Crippen molar-refractivity contribution in [3.05, 3.63) is 33.7 Å². The van der Waals surface area contributed by atoms with Gasteiger partial charge < -0.3 is 26.6 Å². The number of aliphatic imine (C=N–C) groups is 1. The summed E-state index contributed by atoms with van der Waals surface area (Å²) in [5, 5.41) is 13.2. The summed E-state index contributed by atoms with van der Waals surface area (Å²) in [6, 6.07) is 3.56. The Hall–Kier alpha value is -3.06. The number of carbonyl (C=O) groups excluding carboxylic acids is 3. The van der Waals surface area contributed by atoms with Crippen LogP contribution in [0.4, 0.5) is 0 Å². The van der Waals surface area contributed by atoms with Crippen molar-refractivity contribution in [2.24, 2.45) is 16.5 Å². The first-order valence-corrected chi connectivity index (χ1v) is 10.6. The zero-order valence-electron chi connectivity index (χ0n) is 15.8. The molecule has 1 aromatic rings. The monoisotopic (exact) mass is 453 g/mol. The van der Waals surface area contributed by atoms with Gasteiger partial charge in [0.15, 0.2) is 5.96 Å². The van der Waals surface area contributed by atoms with Crippen LogP contribution in [0.25, 0.3) is 0 Å². The molecule has 2 atom stereocenters. The van der Waals surface area contributed by atoms with Crippen molar-refractivity contribution in [2.75, 3.05) is 12.4 Å². The zero-order valence-corrected chi connectivity index (χ0v) is 17.4. The van der Waals surface area contributed by atoms with Crippen molar-refractivity contribution >= 4 is 52.8 Å². The number of carboxylic acids is 1. The second-order valence-corrected chi connectivity index (χ2v) is 8.58. The number of carboxylic acid groups (broad SMARTS) is 1. The molecule has 2 amide bonds. The average molecular weight is 454 g/mol. The van der Waals surface area contributed by atoms with Crippen LogP contribution in [0.2, 0.25) is 0 Å². The largest absolute Gasteiger partial charge is 0.477 e. The first-order valence-electron chi connectivity index (χ1n) is 8.64. The third kappa shape index (κ3) is 3.98. The van der Waals surface area contributed by atoms with E-state index in [0.29, 0.717) is 0 Å². The minimum atomic E-state index is -1.81. The number of nitrogens with two attached hydrogens (primary N) is 2. The molecule has 1 fully saturated rings. The van der Waals surface area contributed by atoms with Crippen molar-refractivity contribution in [1.82, 2.24) is 10.2 Å². The molecular weight excluding hydrogens is 434 g/mol. The van der Waals surface area contributed by atoms with Crippen molar-refractivity contribution in [3.63, 3.8) is 0 Å². The molecule has 0 aliphatic carbocycles. The Morgan fingerprint density at radius 3 is 2.73 bits per heavy atom. The number of thiophene rings is 1. The Labute approximate surface area is 179 Å². The van der Waals surface area contributed by atoms with E-state index in [1.54, 1.807) is 12.1 Å². The van der Waals surface area contributed by atoms with Crippen LogP contribution in [-0.4, -0.2) is 63.1 Å². The number of β-lactam (4-membered cyclic amide) rings is 1. The smallest absolute Gasteiger partial charge is 0.352 e. The SMILES string of the molecule is CC(=O)OCC1=C(C(=O)O)N2C(=O)C(N=C(N)N)(NC(=O)Cc3cccs3)[C@H]2SC1. The molecule has 0 radical (unpaired) electrons. The number of hydrogen-bond donors (Lipinski definition) is 4. The minimum absolute atomic E-state index is 0.0173. The maximum atomic E-state index is 13.1. The van der Waals surface area contributed by atoms with Crippen LogP contribution in [0.5, 0.6) is 0 Å². The number of thioether (sulfide) groups is 1. The van der Waals surface area contributed by atoms with Gasteiger partial charge in [0.05, 0.1) is 6.42 Å². The Morgan fingerprint density at radius 1 is 1.43 bits per heavy atom.